The van der Waals surface area contributed by atoms with E-state index in [1.165, 1.54) is 0 Å². The van der Waals surface area contributed by atoms with Crippen LogP contribution in [0, 0.1) is 0 Å². The van der Waals surface area contributed by atoms with Crippen LogP contribution in [0.3, 0.4) is 0 Å². The molecular weight excluding hydrogens is 280 g/mol. The third-order valence-electron chi connectivity index (χ3n) is 3.69. The SMILES string of the molecule is CNCCOCCn1nccc1-c1ccc2c(c1)CC(=O)N2. The molecule has 2 heterocycles. The second kappa shape index (κ2) is 6.72. The summed E-state index contributed by atoms with van der Waals surface area (Å²) in [5.41, 5.74) is 4.07. The van der Waals surface area contributed by atoms with Crippen LogP contribution in [0.2, 0.25) is 0 Å². The van der Waals surface area contributed by atoms with E-state index in [1.807, 2.05) is 29.9 Å². The lowest BCUT2D eigenvalue weighted by Gasteiger charge is -2.09. The lowest BCUT2D eigenvalue weighted by Crippen LogP contribution is -2.16. The Labute approximate surface area is 129 Å². The van der Waals surface area contributed by atoms with Crippen LogP contribution in [0.15, 0.2) is 30.5 Å². The average Bonchev–Trinajstić information content (AvgIpc) is 3.11. The zero-order valence-corrected chi connectivity index (χ0v) is 12.6. The molecule has 0 saturated heterocycles. The van der Waals surface area contributed by atoms with E-state index < -0.39 is 0 Å². The fourth-order valence-corrected chi connectivity index (χ4v) is 2.57. The van der Waals surface area contributed by atoms with Gasteiger partial charge in [0.25, 0.3) is 0 Å². The van der Waals surface area contributed by atoms with Crippen molar-refractivity contribution in [3.8, 4) is 11.3 Å². The molecule has 0 radical (unpaired) electrons. The van der Waals surface area contributed by atoms with Gasteiger partial charge in [-0.2, -0.15) is 5.10 Å². The number of fused-ring (bicyclic) bond motifs is 1. The molecule has 0 fully saturated rings. The number of hydrogen-bond donors (Lipinski definition) is 2. The Bertz CT molecular complexity index is 666. The van der Waals surface area contributed by atoms with Gasteiger partial charge in [0.15, 0.2) is 0 Å². The Hall–Kier alpha value is -2.18. The summed E-state index contributed by atoms with van der Waals surface area (Å²) >= 11 is 0. The largest absolute Gasteiger partial charge is 0.378 e. The summed E-state index contributed by atoms with van der Waals surface area (Å²) in [5.74, 6) is 0.0543. The number of rotatable bonds is 7. The Kier molecular flexibility index (Phi) is 4.50. The first-order chi connectivity index (χ1) is 10.8. The molecule has 1 aromatic carbocycles. The van der Waals surface area contributed by atoms with Crippen LogP contribution in [0.4, 0.5) is 5.69 Å². The third kappa shape index (κ3) is 3.18. The predicted octanol–water partition coefficient (Wildman–Crippen LogP) is 1.28. The number of ether oxygens (including phenoxy) is 1. The van der Waals surface area contributed by atoms with E-state index in [0.717, 1.165) is 29.1 Å². The normalized spacial score (nSPS) is 13.2. The average molecular weight is 300 g/mol. The zero-order valence-electron chi connectivity index (χ0n) is 12.6. The summed E-state index contributed by atoms with van der Waals surface area (Å²) < 4.78 is 7.48. The van der Waals surface area contributed by atoms with Crippen molar-refractivity contribution in [2.75, 3.05) is 32.1 Å². The van der Waals surface area contributed by atoms with Crippen molar-refractivity contribution >= 4 is 11.6 Å². The highest BCUT2D eigenvalue weighted by atomic mass is 16.5. The highest BCUT2D eigenvalue weighted by Crippen LogP contribution is 2.28. The maximum atomic E-state index is 11.4. The maximum absolute atomic E-state index is 11.4. The lowest BCUT2D eigenvalue weighted by molar-refractivity contribution is -0.115. The molecule has 6 heteroatoms. The fourth-order valence-electron chi connectivity index (χ4n) is 2.57. The van der Waals surface area contributed by atoms with Gasteiger partial charge in [0.1, 0.15) is 0 Å². The van der Waals surface area contributed by atoms with E-state index in [1.54, 1.807) is 6.20 Å². The number of hydrogen-bond acceptors (Lipinski definition) is 4. The van der Waals surface area contributed by atoms with Crippen molar-refractivity contribution in [1.29, 1.82) is 0 Å². The van der Waals surface area contributed by atoms with E-state index in [0.29, 0.717) is 26.2 Å². The summed E-state index contributed by atoms with van der Waals surface area (Å²) in [6.45, 7) is 2.87. The molecule has 0 bridgehead atoms. The molecule has 0 saturated carbocycles. The van der Waals surface area contributed by atoms with Crippen molar-refractivity contribution in [2.45, 2.75) is 13.0 Å². The minimum Gasteiger partial charge on any atom is -0.378 e. The molecule has 1 aliphatic rings. The van der Waals surface area contributed by atoms with Crippen LogP contribution in [-0.4, -0.2) is 42.5 Å². The molecule has 0 aliphatic carbocycles. The number of nitrogens with zero attached hydrogens (tertiary/aromatic N) is 2. The summed E-state index contributed by atoms with van der Waals surface area (Å²) in [4.78, 5) is 11.4. The molecule has 0 unspecified atom stereocenters. The second-order valence-electron chi connectivity index (χ2n) is 5.25. The van der Waals surface area contributed by atoms with E-state index in [2.05, 4.69) is 21.8 Å². The van der Waals surface area contributed by atoms with E-state index >= 15 is 0 Å². The molecular formula is C16H20N4O2. The maximum Gasteiger partial charge on any atom is 0.228 e. The van der Waals surface area contributed by atoms with Gasteiger partial charge in [-0.05, 0) is 30.8 Å². The van der Waals surface area contributed by atoms with Crippen LogP contribution in [-0.2, 0) is 22.5 Å². The first-order valence-electron chi connectivity index (χ1n) is 7.45. The number of amides is 1. The van der Waals surface area contributed by atoms with Gasteiger partial charge in [-0.15, -0.1) is 0 Å². The number of likely N-dealkylation sites (N-methyl/N-ethyl adjacent to an activating group) is 1. The minimum atomic E-state index is 0.0543. The summed E-state index contributed by atoms with van der Waals surface area (Å²) in [6, 6.07) is 8.01. The quantitative estimate of drug-likeness (QED) is 0.756. The van der Waals surface area contributed by atoms with E-state index in [9.17, 15) is 4.79 Å². The predicted molar refractivity (Wildman–Crippen MR) is 84.7 cm³/mol. The Morgan fingerprint density at radius 1 is 1.36 bits per heavy atom. The molecule has 6 nitrogen and oxygen atoms in total. The smallest absolute Gasteiger partial charge is 0.228 e. The highest BCUT2D eigenvalue weighted by Gasteiger charge is 2.18. The van der Waals surface area contributed by atoms with Crippen LogP contribution in [0.5, 0.6) is 0 Å². The van der Waals surface area contributed by atoms with Crippen molar-refractivity contribution in [1.82, 2.24) is 15.1 Å². The summed E-state index contributed by atoms with van der Waals surface area (Å²) in [5, 5.41) is 10.3. The van der Waals surface area contributed by atoms with Crippen LogP contribution >= 0.6 is 0 Å². The van der Waals surface area contributed by atoms with Crippen molar-refractivity contribution < 1.29 is 9.53 Å². The molecule has 2 aromatic rings. The lowest BCUT2D eigenvalue weighted by atomic mass is 10.1. The minimum absolute atomic E-state index is 0.0543. The van der Waals surface area contributed by atoms with Crippen LogP contribution in [0.25, 0.3) is 11.3 Å². The second-order valence-corrected chi connectivity index (χ2v) is 5.25. The summed E-state index contributed by atoms with van der Waals surface area (Å²) in [7, 11) is 1.91. The van der Waals surface area contributed by atoms with Gasteiger partial charge in [0, 0.05) is 24.0 Å². The number of nitrogens with one attached hydrogen (secondary N) is 2. The van der Waals surface area contributed by atoms with Crippen molar-refractivity contribution in [3.63, 3.8) is 0 Å². The van der Waals surface area contributed by atoms with E-state index in [-0.39, 0.29) is 5.91 Å². The van der Waals surface area contributed by atoms with Gasteiger partial charge in [0.2, 0.25) is 5.91 Å². The van der Waals surface area contributed by atoms with Gasteiger partial charge < -0.3 is 15.4 Å². The van der Waals surface area contributed by atoms with Crippen molar-refractivity contribution in [3.05, 3.63) is 36.0 Å². The summed E-state index contributed by atoms with van der Waals surface area (Å²) in [6.07, 6.45) is 2.24. The Morgan fingerprint density at radius 3 is 3.14 bits per heavy atom. The molecule has 0 atom stereocenters. The van der Waals surface area contributed by atoms with Gasteiger partial charge in [-0.1, -0.05) is 6.07 Å². The van der Waals surface area contributed by atoms with Gasteiger partial charge >= 0.3 is 0 Å². The number of benzene rings is 1. The third-order valence-corrected chi connectivity index (χ3v) is 3.69. The molecule has 1 amide bonds. The van der Waals surface area contributed by atoms with Gasteiger partial charge in [-0.25, -0.2) is 0 Å². The molecule has 1 aliphatic heterocycles. The van der Waals surface area contributed by atoms with Crippen LogP contribution < -0.4 is 10.6 Å². The Balaban J connectivity index is 1.69. The molecule has 116 valence electrons. The number of carbonyl (C=O) groups is 1. The first-order valence-corrected chi connectivity index (χ1v) is 7.45. The fraction of sp³-hybridized carbons (Fsp3) is 0.375. The number of anilines is 1. The highest BCUT2D eigenvalue weighted by molar-refractivity contribution is 5.99. The molecule has 22 heavy (non-hydrogen) atoms. The topological polar surface area (TPSA) is 68.2 Å². The molecule has 1 aromatic heterocycles. The molecule has 0 spiro atoms. The van der Waals surface area contributed by atoms with Crippen molar-refractivity contribution in [2.24, 2.45) is 0 Å². The first kappa shape index (κ1) is 14.7. The van der Waals surface area contributed by atoms with Gasteiger partial charge in [-0.3, -0.25) is 9.48 Å². The molecule has 2 N–H and O–H groups in total. The Morgan fingerprint density at radius 2 is 2.27 bits per heavy atom. The molecule has 3 rings (SSSR count). The van der Waals surface area contributed by atoms with Gasteiger partial charge in [0.05, 0.1) is 31.9 Å². The number of aromatic nitrogens is 2. The standard InChI is InChI=1S/C16H20N4O2/c1-17-6-8-22-9-7-20-15(4-5-18-20)12-2-3-14-13(10-12)11-16(21)19-14/h2-5,10,17H,6-9,11H2,1H3,(H,19,21). The monoisotopic (exact) mass is 300 g/mol. The number of carbonyl (C=O) groups excluding carboxylic acids is 1. The zero-order chi connectivity index (χ0) is 15.4. The van der Waals surface area contributed by atoms with Crippen LogP contribution in [0.1, 0.15) is 5.56 Å². The van der Waals surface area contributed by atoms with E-state index in [4.69, 9.17) is 4.74 Å².